The second kappa shape index (κ2) is 8.41. The molecule has 0 saturated carbocycles. The van der Waals surface area contributed by atoms with E-state index < -0.39 is 38.3 Å². The minimum atomic E-state index is -4.20. The summed E-state index contributed by atoms with van der Waals surface area (Å²) in [5.74, 6) is -2.08. The number of aryl methyl sites for hydroxylation is 1. The van der Waals surface area contributed by atoms with E-state index in [1.54, 1.807) is 36.4 Å². The third kappa shape index (κ3) is 4.01. The van der Waals surface area contributed by atoms with E-state index >= 15 is 0 Å². The van der Waals surface area contributed by atoms with Gasteiger partial charge in [-0.05, 0) is 54.4 Å². The molecule has 0 unspecified atom stereocenters. The number of carbonyl (C=O) groups is 1. The normalized spacial score (nSPS) is 16.7. The zero-order chi connectivity index (χ0) is 23.0. The van der Waals surface area contributed by atoms with Crippen molar-refractivity contribution in [1.29, 1.82) is 0 Å². The fraction of sp³-hybridized carbons (Fsp3) is 0.125. The zero-order valence-electron chi connectivity index (χ0n) is 17.0. The summed E-state index contributed by atoms with van der Waals surface area (Å²) < 4.78 is 40.4. The van der Waals surface area contributed by atoms with E-state index in [0.717, 1.165) is 5.56 Å². The molecule has 32 heavy (non-hydrogen) atoms. The molecule has 0 spiro atoms. The molecule has 1 aliphatic heterocycles. The van der Waals surface area contributed by atoms with Gasteiger partial charge >= 0.3 is 0 Å². The molecule has 5 nitrogen and oxygen atoms in total. The first-order chi connectivity index (χ1) is 15.2. The molecule has 3 aromatic rings. The van der Waals surface area contributed by atoms with E-state index in [1.807, 2.05) is 6.92 Å². The Kier molecular flexibility index (Phi) is 5.79. The van der Waals surface area contributed by atoms with Crippen LogP contribution in [0.2, 0.25) is 5.02 Å². The Bertz CT molecular complexity index is 1300. The van der Waals surface area contributed by atoms with E-state index in [2.05, 4.69) is 0 Å². The summed E-state index contributed by atoms with van der Waals surface area (Å²) in [5.41, 5.74) is 1.93. The van der Waals surface area contributed by atoms with Gasteiger partial charge in [0.15, 0.2) is 5.76 Å². The predicted molar refractivity (Wildman–Crippen MR) is 119 cm³/mol. The standard InChI is InChI=1S/C24H19ClFNO4S/c1-15-2-12-20(13-3-15)32(30,31)23-21(17-6-8-18(25)9-7-17)27(24(29)22(23)28)14-16-4-10-19(26)11-5-16/h2-13,21,28H,14H2,1H3/t21-/m0/s1. The monoisotopic (exact) mass is 471 g/mol. The molecule has 4 rings (SSSR count). The lowest BCUT2D eigenvalue weighted by atomic mass is 10.1. The highest BCUT2D eigenvalue weighted by Crippen LogP contribution is 2.43. The Morgan fingerprint density at radius 3 is 2.16 bits per heavy atom. The predicted octanol–water partition coefficient (Wildman–Crippen LogP) is 5.11. The van der Waals surface area contributed by atoms with Crippen LogP contribution < -0.4 is 0 Å². The summed E-state index contributed by atoms with van der Waals surface area (Å²) in [6.07, 6.45) is 0. The Morgan fingerprint density at radius 2 is 1.56 bits per heavy atom. The molecule has 0 saturated heterocycles. The quantitative estimate of drug-likeness (QED) is 0.560. The molecule has 0 bridgehead atoms. The van der Waals surface area contributed by atoms with Gasteiger partial charge in [-0.2, -0.15) is 0 Å². The number of aliphatic hydroxyl groups excluding tert-OH is 1. The number of aliphatic hydroxyl groups is 1. The number of amides is 1. The van der Waals surface area contributed by atoms with Crippen molar-refractivity contribution in [3.05, 3.63) is 111 Å². The van der Waals surface area contributed by atoms with Gasteiger partial charge in [-0.25, -0.2) is 12.8 Å². The number of hydrogen-bond acceptors (Lipinski definition) is 4. The lowest BCUT2D eigenvalue weighted by Gasteiger charge is -2.27. The number of benzene rings is 3. The summed E-state index contributed by atoms with van der Waals surface area (Å²) in [6, 6.07) is 17.0. The molecule has 1 heterocycles. The summed E-state index contributed by atoms with van der Waals surface area (Å²) in [6.45, 7) is 1.80. The van der Waals surface area contributed by atoms with Crippen LogP contribution >= 0.6 is 11.6 Å². The van der Waals surface area contributed by atoms with Crippen LogP contribution in [0.1, 0.15) is 22.7 Å². The molecule has 164 valence electrons. The lowest BCUT2D eigenvalue weighted by Crippen LogP contribution is -2.30. The third-order valence-corrected chi connectivity index (χ3v) is 7.47. The van der Waals surface area contributed by atoms with E-state index in [-0.39, 0.29) is 11.4 Å². The van der Waals surface area contributed by atoms with Crippen LogP contribution in [-0.4, -0.2) is 24.3 Å². The Morgan fingerprint density at radius 1 is 0.969 bits per heavy atom. The highest BCUT2D eigenvalue weighted by Gasteiger charge is 2.46. The number of rotatable bonds is 5. The highest BCUT2D eigenvalue weighted by molar-refractivity contribution is 7.95. The van der Waals surface area contributed by atoms with Gasteiger partial charge in [-0.15, -0.1) is 0 Å². The Hall–Kier alpha value is -3.16. The molecule has 1 atom stereocenters. The lowest BCUT2D eigenvalue weighted by molar-refractivity contribution is -0.130. The molecule has 0 aromatic heterocycles. The minimum Gasteiger partial charge on any atom is -0.502 e. The number of sulfone groups is 1. The average molecular weight is 472 g/mol. The third-order valence-electron chi connectivity index (χ3n) is 5.33. The van der Waals surface area contributed by atoms with Crippen molar-refractivity contribution in [2.75, 3.05) is 0 Å². The van der Waals surface area contributed by atoms with Crippen LogP contribution in [0.25, 0.3) is 0 Å². The van der Waals surface area contributed by atoms with Gasteiger partial charge in [0, 0.05) is 11.6 Å². The SMILES string of the molecule is Cc1ccc(S(=O)(=O)C2=C(O)C(=O)N(Cc3ccc(F)cc3)[C@H]2c2ccc(Cl)cc2)cc1. The molecule has 1 N–H and O–H groups in total. The first-order valence-corrected chi connectivity index (χ1v) is 11.6. The highest BCUT2D eigenvalue weighted by atomic mass is 35.5. The van der Waals surface area contributed by atoms with Crippen molar-refractivity contribution in [2.24, 2.45) is 0 Å². The van der Waals surface area contributed by atoms with Crippen LogP contribution in [0.3, 0.4) is 0 Å². The number of carbonyl (C=O) groups excluding carboxylic acids is 1. The van der Waals surface area contributed by atoms with Crippen LogP contribution in [0.15, 0.2) is 88.4 Å². The van der Waals surface area contributed by atoms with E-state index in [0.29, 0.717) is 16.1 Å². The van der Waals surface area contributed by atoms with Crippen molar-refractivity contribution >= 4 is 27.3 Å². The molecule has 3 aromatic carbocycles. The zero-order valence-corrected chi connectivity index (χ0v) is 18.6. The van der Waals surface area contributed by atoms with E-state index in [1.165, 1.54) is 41.3 Å². The minimum absolute atomic E-state index is 0.0244. The molecule has 8 heteroatoms. The first kappa shape index (κ1) is 22.0. The van der Waals surface area contributed by atoms with Gasteiger partial charge in [-0.3, -0.25) is 4.79 Å². The largest absolute Gasteiger partial charge is 0.502 e. The Labute approximate surface area is 190 Å². The van der Waals surface area contributed by atoms with Crippen LogP contribution in [-0.2, 0) is 21.2 Å². The summed E-state index contributed by atoms with van der Waals surface area (Å²) in [5, 5.41) is 11.2. The number of nitrogens with zero attached hydrogens (tertiary/aromatic N) is 1. The van der Waals surface area contributed by atoms with Crippen LogP contribution in [0, 0.1) is 12.7 Å². The number of hydrogen-bond donors (Lipinski definition) is 1. The molecule has 1 aliphatic rings. The van der Waals surface area contributed by atoms with Crippen molar-refractivity contribution in [3.8, 4) is 0 Å². The van der Waals surface area contributed by atoms with Gasteiger partial charge in [0.25, 0.3) is 5.91 Å². The number of halogens is 2. The van der Waals surface area contributed by atoms with Crippen LogP contribution in [0.4, 0.5) is 4.39 Å². The maximum absolute atomic E-state index is 13.5. The van der Waals surface area contributed by atoms with Gasteiger partial charge in [-0.1, -0.05) is 53.6 Å². The summed E-state index contributed by atoms with van der Waals surface area (Å²) >= 11 is 6.00. The second-order valence-electron chi connectivity index (χ2n) is 7.54. The maximum atomic E-state index is 13.5. The second-order valence-corrected chi connectivity index (χ2v) is 9.90. The molecule has 0 radical (unpaired) electrons. The molecule has 0 fully saturated rings. The van der Waals surface area contributed by atoms with Gasteiger partial charge in [0.05, 0.1) is 10.9 Å². The smallest absolute Gasteiger partial charge is 0.290 e. The van der Waals surface area contributed by atoms with Crippen molar-refractivity contribution < 1.29 is 22.7 Å². The topological polar surface area (TPSA) is 74.7 Å². The molecule has 0 aliphatic carbocycles. The maximum Gasteiger partial charge on any atom is 0.290 e. The van der Waals surface area contributed by atoms with E-state index in [9.17, 15) is 22.7 Å². The summed E-state index contributed by atoms with van der Waals surface area (Å²) in [4.78, 5) is 13.9. The first-order valence-electron chi connectivity index (χ1n) is 9.74. The molecular formula is C24H19ClFNO4S. The van der Waals surface area contributed by atoms with Gasteiger partial charge in [0.2, 0.25) is 9.84 Å². The van der Waals surface area contributed by atoms with Gasteiger partial charge < -0.3 is 10.0 Å². The van der Waals surface area contributed by atoms with Crippen molar-refractivity contribution in [2.45, 2.75) is 24.4 Å². The average Bonchev–Trinajstić information content (AvgIpc) is 3.01. The molecular weight excluding hydrogens is 453 g/mol. The fourth-order valence-electron chi connectivity index (χ4n) is 3.67. The van der Waals surface area contributed by atoms with Crippen molar-refractivity contribution in [1.82, 2.24) is 4.90 Å². The molecule has 1 amide bonds. The van der Waals surface area contributed by atoms with E-state index in [4.69, 9.17) is 11.6 Å². The van der Waals surface area contributed by atoms with Crippen LogP contribution in [0.5, 0.6) is 0 Å². The summed E-state index contributed by atoms with van der Waals surface area (Å²) in [7, 11) is -4.20. The Balaban J connectivity index is 1.84. The van der Waals surface area contributed by atoms with Gasteiger partial charge in [0.1, 0.15) is 10.7 Å². The fourth-order valence-corrected chi connectivity index (χ4v) is 5.45. The van der Waals surface area contributed by atoms with Crippen molar-refractivity contribution in [3.63, 3.8) is 0 Å².